The number of fused-ring (bicyclic) bond motifs is 3. The number of aromatic amines is 1. The number of carbonyl (C=O) groups excluding carboxylic acids is 1. The summed E-state index contributed by atoms with van der Waals surface area (Å²) in [6.07, 6.45) is 2.10. The van der Waals surface area contributed by atoms with Gasteiger partial charge in [0.25, 0.3) is 0 Å². The van der Waals surface area contributed by atoms with Crippen molar-refractivity contribution < 1.29 is 13.9 Å². The number of halogens is 2. The number of benzene rings is 2. The Labute approximate surface area is 188 Å². The third-order valence-electron chi connectivity index (χ3n) is 5.82. The molecule has 0 saturated heterocycles. The molecule has 2 N–H and O–H groups in total. The largest absolute Gasteiger partial charge is 0.368 e. The van der Waals surface area contributed by atoms with Gasteiger partial charge in [0.1, 0.15) is 11.4 Å². The highest BCUT2D eigenvalue weighted by Gasteiger charge is 2.42. The van der Waals surface area contributed by atoms with Crippen LogP contribution in [0.2, 0.25) is 0 Å². The lowest BCUT2D eigenvalue weighted by molar-refractivity contribution is -0.133. The number of nitrogens with zero attached hydrogens (tertiary/aromatic N) is 1. The van der Waals surface area contributed by atoms with Crippen molar-refractivity contribution in [2.75, 3.05) is 6.61 Å². The van der Waals surface area contributed by atoms with Gasteiger partial charge < -0.3 is 15.0 Å². The van der Waals surface area contributed by atoms with Gasteiger partial charge in [0.15, 0.2) is 0 Å². The van der Waals surface area contributed by atoms with Crippen LogP contribution in [-0.2, 0) is 28.1 Å². The maximum absolute atomic E-state index is 14.6. The Bertz CT molecular complexity index is 1170. The molecule has 0 fully saturated rings. The van der Waals surface area contributed by atoms with E-state index >= 15 is 0 Å². The van der Waals surface area contributed by atoms with E-state index in [0.29, 0.717) is 42.5 Å². The second-order valence-electron chi connectivity index (χ2n) is 7.86. The van der Waals surface area contributed by atoms with Crippen LogP contribution in [0, 0.1) is 17.1 Å². The van der Waals surface area contributed by atoms with E-state index in [1.807, 2.05) is 31.2 Å². The number of hydrogen-bond acceptors (Lipinski definition) is 3. The minimum Gasteiger partial charge on any atom is -0.368 e. The van der Waals surface area contributed by atoms with Crippen LogP contribution >= 0.6 is 15.9 Å². The molecule has 0 bridgehead atoms. The van der Waals surface area contributed by atoms with Crippen LogP contribution in [-0.4, -0.2) is 17.5 Å². The van der Waals surface area contributed by atoms with Gasteiger partial charge in [0, 0.05) is 16.4 Å². The van der Waals surface area contributed by atoms with Crippen molar-refractivity contribution in [3.8, 4) is 6.07 Å². The molecule has 0 spiro atoms. The van der Waals surface area contributed by atoms with Crippen LogP contribution in [0.25, 0.3) is 10.9 Å². The van der Waals surface area contributed by atoms with Crippen molar-refractivity contribution in [3.05, 3.63) is 69.1 Å². The van der Waals surface area contributed by atoms with E-state index in [1.54, 1.807) is 0 Å². The molecule has 1 aliphatic heterocycles. The summed E-state index contributed by atoms with van der Waals surface area (Å²) in [6, 6.07) is 12.7. The maximum atomic E-state index is 14.6. The lowest BCUT2D eigenvalue weighted by Crippen LogP contribution is -2.40. The molecule has 0 radical (unpaired) electrons. The average Bonchev–Trinajstić information content (AvgIpc) is 3.16. The quantitative estimate of drug-likeness (QED) is 0.504. The van der Waals surface area contributed by atoms with Crippen LogP contribution in [0.15, 0.2) is 40.9 Å². The maximum Gasteiger partial charge on any atom is 0.223 e. The fraction of sp³-hybridized carbons (Fsp3) is 0.333. The van der Waals surface area contributed by atoms with Crippen molar-refractivity contribution in [1.82, 2.24) is 10.3 Å². The van der Waals surface area contributed by atoms with Gasteiger partial charge in [-0.2, -0.15) is 5.26 Å². The minimum atomic E-state index is -0.871. The first kappa shape index (κ1) is 21.5. The molecule has 0 aliphatic carbocycles. The first-order valence-corrected chi connectivity index (χ1v) is 11.2. The molecular formula is C24H23BrFN3O2. The van der Waals surface area contributed by atoms with E-state index in [2.05, 4.69) is 32.3 Å². The Balaban J connectivity index is 1.66. The molecule has 1 atom stereocenters. The molecule has 5 nitrogen and oxygen atoms in total. The standard InChI is InChI=1S/C24H23BrFN3O2/c1-2-10-24(12-20(30)28-14-15-3-6-17(25)7-4-15)23-18(9-11-31-24)21-16(13-27)5-8-19(26)22(21)29-23/h3-8,29H,2,9-12,14H2,1H3,(H,28,30). The van der Waals surface area contributed by atoms with Gasteiger partial charge in [0.2, 0.25) is 5.91 Å². The van der Waals surface area contributed by atoms with E-state index in [4.69, 9.17) is 4.74 Å². The number of nitrogens with one attached hydrogen (secondary N) is 2. The summed E-state index contributed by atoms with van der Waals surface area (Å²) in [6.45, 7) is 2.87. The van der Waals surface area contributed by atoms with Crippen LogP contribution in [0.5, 0.6) is 0 Å². The van der Waals surface area contributed by atoms with Crippen molar-refractivity contribution in [1.29, 1.82) is 5.26 Å². The van der Waals surface area contributed by atoms with Gasteiger partial charge in [0.05, 0.1) is 35.9 Å². The van der Waals surface area contributed by atoms with Gasteiger partial charge in [-0.15, -0.1) is 0 Å². The fourth-order valence-corrected chi connectivity index (χ4v) is 4.71. The molecule has 1 aromatic heterocycles. The summed E-state index contributed by atoms with van der Waals surface area (Å²) in [5, 5.41) is 13.1. The highest BCUT2D eigenvalue weighted by Crippen LogP contribution is 2.43. The number of carbonyl (C=O) groups is 1. The Hall–Kier alpha value is -2.69. The zero-order valence-corrected chi connectivity index (χ0v) is 18.8. The Morgan fingerprint density at radius 2 is 2.10 bits per heavy atom. The number of amides is 1. The zero-order valence-electron chi connectivity index (χ0n) is 17.2. The lowest BCUT2D eigenvalue weighted by Gasteiger charge is -2.37. The highest BCUT2D eigenvalue weighted by atomic mass is 79.9. The summed E-state index contributed by atoms with van der Waals surface area (Å²) < 4.78 is 21.8. The molecule has 1 aliphatic rings. The average molecular weight is 484 g/mol. The lowest BCUT2D eigenvalue weighted by atomic mass is 9.84. The smallest absolute Gasteiger partial charge is 0.223 e. The summed E-state index contributed by atoms with van der Waals surface area (Å²) in [4.78, 5) is 16.1. The molecular weight excluding hydrogens is 461 g/mol. The summed E-state index contributed by atoms with van der Waals surface area (Å²) in [7, 11) is 0. The predicted molar refractivity (Wildman–Crippen MR) is 120 cm³/mol. The van der Waals surface area contributed by atoms with Crippen LogP contribution in [0.4, 0.5) is 4.39 Å². The molecule has 160 valence electrons. The molecule has 0 saturated carbocycles. The summed E-state index contributed by atoms with van der Waals surface area (Å²) in [5.41, 5.74) is 2.47. The Kier molecular flexibility index (Phi) is 6.12. The Morgan fingerprint density at radius 3 is 2.81 bits per heavy atom. The van der Waals surface area contributed by atoms with Crippen LogP contribution in [0.1, 0.15) is 48.6 Å². The van der Waals surface area contributed by atoms with E-state index in [-0.39, 0.29) is 12.3 Å². The molecule has 4 rings (SSSR count). The third kappa shape index (κ3) is 4.10. The second-order valence-corrected chi connectivity index (χ2v) is 8.77. The Morgan fingerprint density at radius 1 is 1.32 bits per heavy atom. The minimum absolute atomic E-state index is 0.126. The number of ether oxygens (including phenoxy) is 1. The SMILES string of the molecule is CCCC1(CC(=O)NCc2ccc(Br)cc2)OCCc2c1[nH]c1c(F)ccc(C#N)c21. The molecule has 7 heteroatoms. The number of hydrogen-bond donors (Lipinski definition) is 2. The fourth-order valence-electron chi connectivity index (χ4n) is 4.44. The van der Waals surface area contributed by atoms with Crippen molar-refractivity contribution in [2.45, 2.75) is 44.8 Å². The number of rotatable bonds is 6. The van der Waals surface area contributed by atoms with Crippen molar-refractivity contribution in [3.63, 3.8) is 0 Å². The summed E-state index contributed by atoms with van der Waals surface area (Å²) in [5.74, 6) is -0.544. The summed E-state index contributed by atoms with van der Waals surface area (Å²) >= 11 is 3.41. The first-order chi connectivity index (χ1) is 15.0. The number of aromatic nitrogens is 1. The normalized spacial score (nSPS) is 17.9. The van der Waals surface area contributed by atoms with Gasteiger partial charge >= 0.3 is 0 Å². The third-order valence-corrected chi connectivity index (χ3v) is 6.35. The van der Waals surface area contributed by atoms with Crippen LogP contribution < -0.4 is 5.32 Å². The zero-order chi connectivity index (χ0) is 22.0. The molecule has 2 aromatic carbocycles. The predicted octanol–water partition coefficient (Wildman–Crippen LogP) is 5.22. The highest BCUT2D eigenvalue weighted by molar-refractivity contribution is 9.10. The molecule has 3 aromatic rings. The van der Waals surface area contributed by atoms with Gasteiger partial charge in [-0.05, 0) is 48.2 Å². The van der Waals surface area contributed by atoms with Crippen molar-refractivity contribution in [2.24, 2.45) is 0 Å². The molecule has 1 amide bonds. The van der Waals surface area contributed by atoms with E-state index in [1.165, 1.54) is 12.1 Å². The molecule has 2 heterocycles. The van der Waals surface area contributed by atoms with E-state index < -0.39 is 11.4 Å². The van der Waals surface area contributed by atoms with Crippen LogP contribution in [0.3, 0.4) is 0 Å². The van der Waals surface area contributed by atoms with Gasteiger partial charge in [-0.1, -0.05) is 41.4 Å². The molecule has 1 unspecified atom stereocenters. The first-order valence-electron chi connectivity index (χ1n) is 10.4. The number of H-pyrrole nitrogens is 1. The van der Waals surface area contributed by atoms with E-state index in [0.717, 1.165) is 27.7 Å². The monoisotopic (exact) mass is 483 g/mol. The topological polar surface area (TPSA) is 77.9 Å². The number of nitriles is 1. The van der Waals surface area contributed by atoms with Gasteiger partial charge in [-0.3, -0.25) is 4.79 Å². The second kappa shape index (κ2) is 8.81. The van der Waals surface area contributed by atoms with Crippen molar-refractivity contribution >= 4 is 32.7 Å². The van der Waals surface area contributed by atoms with E-state index in [9.17, 15) is 14.4 Å². The van der Waals surface area contributed by atoms with Gasteiger partial charge in [-0.25, -0.2) is 4.39 Å². The molecule has 31 heavy (non-hydrogen) atoms.